The molecule has 0 radical (unpaired) electrons. The van der Waals surface area contributed by atoms with E-state index in [4.69, 9.17) is 5.73 Å². The SMILES string of the molecule is CS(=O)(=O)N1CCN(c2ccc(Nc3nc(N[C@@H]4C5C=CC(C5)[C@@H]4C(N)=O)c4sccc4n3)cc2F)CC1. The molecule has 2 bridgehead atoms. The van der Waals surface area contributed by atoms with Crippen LogP contribution in [0.2, 0.25) is 0 Å². The average molecular weight is 558 g/mol. The molecule has 1 aromatic carbocycles. The Morgan fingerprint density at radius 3 is 2.61 bits per heavy atom. The Morgan fingerprint density at radius 1 is 1.13 bits per heavy atom. The van der Waals surface area contributed by atoms with Crippen molar-refractivity contribution >= 4 is 60.6 Å². The lowest BCUT2D eigenvalue weighted by Crippen LogP contribution is -2.48. The molecular weight excluding hydrogens is 529 g/mol. The number of hydrogen-bond acceptors (Lipinski definition) is 9. The Balaban J connectivity index is 1.21. The van der Waals surface area contributed by atoms with E-state index >= 15 is 4.39 Å². The number of thiophene rings is 1. The number of sulfonamides is 1. The summed E-state index contributed by atoms with van der Waals surface area (Å²) in [6.45, 7) is 1.46. The summed E-state index contributed by atoms with van der Waals surface area (Å²) in [5, 5.41) is 8.51. The third kappa shape index (κ3) is 4.58. The van der Waals surface area contributed by atoms with E-state index in [1.807, 2.05) is 16.3 Å². The molecule has 3 heterocycles. The van der Waals surface area contributed by atoms with Crippen molar-refractivity contribution in [2.45, 2.75) is 12.5 Å². The van der Waals surface area contributed by atoms with Crippen LogP contribution in [0.25, 0.3) is 10.2 Å². The number of aromatic nitrogens is 2. The Bertz CT molecular complexity index is 1530. The molecule has 0 spiro atoms. The molecule has 4 atom stereocenters. The van der Waals surface area contributed by atoms with Crippen LogP contribution in [0.4, 0.5) is 27.5 Å². The van der Waals surface area contributed by atoms with Crippen molar-refractivity contribution < 1.29 is 17.6 Å². The van der Waals surface area contributed by atoms with Gasteiger partial charge in [0.25, 0.3) is 0 Å². The normalized spacial score (nSPS) is 25.3. The number of benzene rings is 1. The molecule has 6 rings (SSSR count). The maximum Gasteiger partial charge on any atom is 0.229 e. The van der Waals surface area contributed by atoms with Crippen molar-refractivity contribution in [1.82, 2.24) is 14.3 Å². The number of halogens is 1. The van der Waals surface area contributed by atoms with E-state index in [0.717, 1.165) is 16.6 Å². The van der Waals surface area contributed by atoms with Crippen molar-refractivity contribution in [1.29, 1.82) is 0 Å². The number of primary amides is 1. The number of amides is 1. The largest absolute Gasteiger partial charge is 0.369 e. The Hall–Kier alpha value is -3.29. The van der Waals surface area contributed by atoms with Crippen molar-refractivity contribution in [3.63, 3.8) is 0 Å². The predicted molar refractivity (Wildman–Crippen MR) is 147 cm³/mol. The molecule has 10 nitrogen and oxygen atoms in total. The van der Waals surface area contributed by atoms with Crippen LogP contribution in [0.1, 0.15) is 6.42 Å². The van der Waals surface area contributed by atoms with E-state index < -0.39 is 15.8 Å². The second-order valence-corrected chi connectivity index (χ2v) is 12.9. The second kappa shape index (κ2) is 9.47. The van der Waals surface area contributed by atoms with E-state index in [1.54, 1.807) is 12.1 Å². The van der Waals surface area contributed by atoms with Gasteiger partial charge in [-0.25, -0.2) is 17.8 Å². The number of nitrogens with two attached hydrogens (primary N) is 1. The van der Waals surface area contributed by atoms with Crippen LogP contribution in [-0.2, 0) is 14.8 Å². The molecule has 1 aliphatic heterocycles. The van der Waals surface area contributed by atoms with Gasteiger partial charge in [0.15, 0.2) is 0 Å². The zero-order valence-corrected chi connectivity index (χ0v) is 22.3. The number of fused-ring (bicyclic) bond motifs is 3. The summed E-state index contributed by atoms with van der Waals surface area (Å²) in [4.78, 5) is 23.3. The van der Waals surface area contributed by atoms with Gasteiger partial charge in [-0.2, -0.15) is 9.29 Å². The quantitative estimate of drug-likeness (QED) is 0.378. The summed E-state index contributed by atoms with van der Waals surface area (Å²) < 4.78 is 40.9. The molecule has 2 fully saturated rings. The summed E-state index contributed by atoms with van der Waals surface area (Å²) in [6, 6.07) is 6.56. The fourth-order valence-electron chi connectivity index (χ4n) is 5.81. The molecule has 1 saturated carbocycles. The molecule has 200 valence electrons. The highest BCUT2D eigenvalue weighted by Gasteiger charge is 2.47. The smallest absolute Gasteiger partial charge is 0.229 e. The van der Waals surface area contributed by atoms with Crippen molar-refractivity contribution in [2.24, 2.45) is 23.5 Å². The fraction of sp³-hybridized carbons (Fsp3) is 0.400. The molecule has 2 aromatic heterocycles. The molecular formula is C25H28FN7O3S2. The van der Waals surface area contributed by atoms with Crippen molar-refractivity contribution in [3.8, 4) is 0 Å². The van der Waals surface area contributed by atoms with Crippen LogP contribution in [0.5, 0.6) is 0 Å². The highest BCUT2D eigenvalue weighted by molar-refractivity contribution is 7.88. The summed E-state index contributed by atoms with van der Waals surface area (Å²) in [7, 11) is -3.26. The maximum absolute atomic E-state index is 15.1. The molecule has 1 amide bonds. The first kappa shape index (κ1) is 25.0. The third-order valence-electron chi connectivity index (χ3n) is 7.65. The molecule has 13 heteroatoms. The third-order valence-corrected chi connectivity index (χ3v) is 9.86. The zero-order valence-electron chi connectivity index (χ0n) is 20.7. The van der Waals surface area contributed by atoms with Gasteiger partial charge in [0, 0.05) is 37.9 Å². The standard InChI is InChI=1S/C25H28FN7O3S2/c1-38(35,36)33-9-7-32(8-10-33)19-5-4-16(13-17(19)26)28-25-29-18-6-11-37-22(18)24(31-25)30-21-15-3-2-14(12-15)20(21)23(27)34/h2-6,11,13-15,20-21H,7-10,12H2,1H3,(H2,27,34)(H2,28,29,30,31)/t14?,15?,20-,21+/m0/s1. The van der Waals surface area contributed by atoms with Gasteiger partial charge in [0.1, 0.15) is 11.6 Å². The minimum atomic E-state index is -3.26. The number of allylic oxidation sites excluding steroid dienone is 1. The minimum absolute atomic E-state index is 0.143. The number of piperazine rings is 1. The molecule has 2 unspecified atom stereocenters. The molecule has 3 aliphatic rings. The van der Waals surface area contributed by atoms with Crippen LogP contribution < -0.4 is 21.3 Å². The van der Waals surface area contributed by atoms with Gasteiger partial charge in [-0.15, -0.1) is 11.3 Å². The lowest BCUT2D eigenvalue weighted by molar-refractivity contribution is -0.122. The predicted octanol–water partition coefficient (Wildman–Crippen LogP) is 2.74. The average Bonchev–Trinajstić information content (AvgIpc) is 3.60. The van der Waals surface area contributed by atoms with Gasteiger partial charge < -0.3 is 21.3 Å². The van der Waals surface area contributed by atoms with Crippen molar-refractivity contribution in [2.75, 3.05) is 48.0 Å². The summed E-state index contributed by atoms with van der Waals surface area (Å²) in [6.07, 6.45) is 6.30. The summed E-state index contributed by atoms with van der Waals surface area (Å²) in [5.74, 6) is 0.238. The first-order chi connectivity index (χ1) is 18.2. The lowest BCUT2D eigenvalue weighted by Gasteiger charge is -2.34. The van der Waals surface area contributed by atoms with E-state index in [-0.39, 0.29) is 29.7 Å². The van der Waals surface area contributed by atoms with Gasteiger partial charge >= 0.3 is 0 Å². The van der Waals surface area contributed by atoms with Crippen LogP contribution in [0, 0.1) is 23.6 Å². The molecule has 38 heavy (non-hydrogen) atoms. The first-order valence-electron chi connectivity index (χ1n) is 12.4. The maximum atomic E-state index is 15.1. The highest BCUT2D eigenvalue weighted by Crippen LogP contribution is 2.45. The van der Waals surface area contributed by atoms with Crippen LogP contribution in [0.15, 0.2) is 41.8 Å². The van der Waals surface area contributed by atoms with Gasteiger partial charge in [-0.05, 0) is 47.9 Å². The number of rotatable bonds is 7. The summed E-state index contributed by atoms with van der Waals surface area (Å²) in [5.41, 5.74) is 7.38. The second-order valence-electron chi connectivity index (χ2n) is 10.0. The van der Waals surface area contributed by atoms with E-state index in [9.17, 15) is 13.2 Å². The Kier molecular flexibility index (Phi) is 6.23. The van der Waals surface area contributed by atoms with Crippen LogP contribution in [-0.4, -0.2) is 67.1 Å². The number of hydrogen-bond donors (Lipinski definition) is 3. The topological polar surface area (TPSA) is 134 Å². The fourth-order valence-corrected chi connectivity index (χ4v) is 7.42. The monoisotopic (exact) mass is 557 g/mol. The zero-order chi connectivity index (χ0) is 26.6. The van der Waals surface area contributed by atoms with E-state index in [1.165, 1.54) is 28.0 Å². The number of nitrogens with zero attached hydrogens (tertiary/aromatic N) is 4. The van der Waals surface area contributed by atoms with Crippen LogP contribution >= 0.6 is 11.3 Å². The van der Waals surface area contributed by atoms with Gasteiger partial charge in [-0.1, -0.05) is 12.2 Å². The Morgan fingerprint density at radius 2 is 1.89 bits per heavy atom. The van der Waals surface area contributed by atoms with Gasteiger partial charge in [0.05, 0.1) is 28.1 Å². The number of anilines is 4. The molecule has 4 N–H and O–H groups in total. The molecule has 3 aromatic rings. The van der Waals surface area contributed by atoms with E-state index in [2.05, 4.69) is 32.8 Å². The number of nitrogens with one attached hydrogen (secondary N) is 2. The highest BCUT2D eigenvalue weighted by atomic mass is 32.2. The van der Waals surface area contributed by atoms with Gasteiger partial charge in [-0.3, -0.25) is 4.79 Å². The van der Waals surface area contributed by atoms with Gasteiger partial charge in [0.2, 0.25) is 21.9 Å². The Labute approximate surface area is 223 Å². The first-order valence-corrected chi connectivity index (χ1v) is 15.2. The summed E-state index contributed by atoms with van der Waals surface area (Å²) >= 11 is 1.51. The van der Waals surface area contributed by atoms with Crippen molar-refractivity contribution in [3.05, 3.63) is 47.6 Å². The molecule has 1 saturated heterocycles. The van der Waals surface area contributed by atoms with Crippen LogP contribution in [0.3, 0.4) is 0 Å². The minimum Gasteiger partial charge on any atom is -0.369 e. The lowest BCUT2D eigenvalue weighted by atomic mass is 9.88. The molecule has 2 aliphatic carbocycles. The number of carbonyl (C=O) groups is 1. The number of carbonyl (C=O) groups excluding carboxylic acids is 1. The van der Waals surface area contributed by atoms with E-state index in [0.29, 0.717) is 49.3 Å².